The summed E-state index contributed by atoms with van der Waals surface area (Å²) in [6.07, 6.45) is 6.90. The lowest BCUT2D eigenvalue weighted by Gasteiger charge is -2.37. The number of aromatic nitrogens is 1. The summed E-state index contributed by atoms with van der Waals surface area (Å²) in [5.74, 6) is 0.169. The molecule has 4 nitrogen and oxygen atoms in total. The number of hydrogen-bond donors (Lipinski definition) is 1. The van der Waals surface area contributed by atoms with Crippen LogP contribution < -0.4 is 5.32 Å². The van der Waals surface area contributed by atoms with Gasteiger partial charge in [-0.3, -0.25) is 9.69 Å². The number of amides is 1. The summed E-state index contributed by atoms with van der Waals surface area (Å²) in [7, 11) is 0. The zero-order valence-corrected chi connectivity index (χ0v) is 14.0. The normalized spacial score (nSPS) is 21.6. The van der Waals surface area contributed by atoms with Gasteiger partial charge in [0.15, 0.2) is 0 Å². The lowest BCUT2D eigenvalue weighted by molar-refractivity contribution is -0.123. The van der Waals surface area contributed by atoms with Gasteiger partial charge in [0.05, 0.1) is 12.6 Å². The van der Waals surface area contributed by atoms with Gasteiger partial charge >= 0.3 is 0 Å². The Hall–Kier alpha value is -2.07. The van der Waals surface area contributed by atoms with E-state index in [1.165, 1.54) is 24.1 Å². The Morgan fingerprint density at radius 1 is 1.04 bits per heavy atom. The maximum atomic E-state index is 12.5. The molecule has 2 aliphatic rings. The largest absolute Gasteiger partial charge is 0.352 e. The molecule has 1 aliphatic heterocycles. The smallest absolute Gasteiger partial charge is 0.234 e. The molecule has 0 bridgehead atoms. The minimum atomic E-state index is 0.157. The van der Waals surface area contributed by atoms with E-state index in [1.54, 1.807) is 0 Å². The number of nitrogens with zero attached hydrogens (tertiary/aromatic N) is 2. The molecule has 0 unspecified atom stereocenters. The highest BCUT2D eigenvalue weighted by Crippen LogP contribution is 2.32. The van der Waals surface area contributed by atoms with E-state index in [9.17, 15) is 4.79 Å². The highest BCUT2D eigenvalue weighted by molar-refractivity contribution is 5.78. The predicted octanol–water partition coefficient (Wildman–Crippen LogP) is 2.95. The van der Waals surface area contributed by atoms with Crippen LogP contribution in [0.25, 0.3) is 0 Å². The Morgan fingerprint density at radius 3 is 2.62 bits per heavy atom. The van der Waals surface area contributed by atoms with Gasteiger partial charge in [-0.1, -0.05) is 43.2 Å². The molecule has 24 heavy (non-hydrogen) atoms. The SMILES string of the molecule is O=C(CN1CCn2cccc2[C@@H]1c1ccccc1)NC1CCCC1. The molecule has 1 atom stereocenters. The van der Waals surface area contributed by atoms with Gasteiger partial charge in [0, 0.05) is 31.0 Å². The molecule has 1 amide bonds. The summed E-state index contributed by atoms with van der Waals surface area (Å²) in [4.78, 5) is 14.8. The van der Waals surface area contributed by atoms with Crippen molar-refractivity contribution in [1.29, 1.82) is 0 Å². The lowest BCUT2D eigenvalue weighted by atomic mass is 10.00. The Balaban J connectivity index is 1.54. The predicted molar refractivity (Wildman–Crippen MR) is 94.7 cm³/mol. The van der Waals surface area contributed by atoms with E-state index in [-0.39, 0.29) is 11.9 Å². The average Bonchev–Trinajstić information content (AvgIpc) is 3.26. The summed E-state index contributed by atoms with van der Waals surface area (Å²) in [5.41, 5.74) is 2.53. The third-order valence-corrected chi connectivity index (χ3v) is 5.32. The highest BCUT2D eigenvalue weighted by Gasteiger charge is 2.30. The summed E-state index contributed by atoms with van der Waals surface area (Å²) in [6.45, 7) is 2.32. The van der Waals surface area contributed by atoms with Crippen LogP contribution in [0.3, 0.4) is 0 Å². The Labute approximate surface area is 143 Å². The minimum Gasteiger partial charge on any atom is -0.352 e. The molecule has 0 saturated heterocycles. The van der Waals surface area contributed by atoms with E-state index in [2.05, 4.69) is 57.4 Å². The van der Waals surface area contributed by atoms with Crippen molar-refractivity contribution in [3.8, 4) is 0 Å². The van der Waals surface area contributed by atoms with Crippen molar-refractivity contribution in [3.05, 3.63) is 59.9 Å². The lowest BCUT2D eigenvalue weighted by Crippen LogP contribution is -2.46. The molecule has 1 saturated carbocycles. The van der Waals surface area contributed by atoms with E-state index < -0.39 is 0 Å². The van der Waals surface area contributed by atoms with Crippen LogP contribution in [0.2, 0.25) is 0 Å². The van der Waals surface area contributed by atoms with Crippen molar-refractivity contribution in [3.63, 3.8) is 0 Å². The Morgan fingerprint density at radius 2 is 1.83 bits per heavy atom. The van der Waals surface area contributed by atoms with Crippen LogP contribution in [0.15, 0.2) is 48.7 Å². The quantitative estimate of drug-likeness (QED) is 0.939. The van der Waals surface area contributed by atoms with Gasteiger partial charge in [-0.05, 0) is 30.5 Å². The Kier molecular flexibility index (Phi) is 4.39. The second-order valence-corrected chi connectivity index (χ2v) is 6.96. The van der Waals surface area contributed by atoms with Gasteiger partial charge in [0.25, 0.3) is 0 Å². The van der Waals surface area contributed by atoms with Crippen molar-refractivity contribution in [1.82, 2.24) is 14.8 Å². The van der Waals surface area contributed by atoms with Crippen LogP contribution >= 0.6 is 0 Å². The van der Waals surface area contributed by atoms with E-state index in [0.717, 1.165) is 25.9 Å². The summed E-state index contributed by atoms with van der Waals surface area (Å²) in [6, 6.07) is 15.4. The standard InChI is InChI=1S/C20H25N3O/c24-19(21-17-9-4-5-10-17)15-23-14-13-22-12-6-11-18(22)20(23)16-7-2-1-3-8-16/h1-3,6-8,11-12,17,20H,4-5,9-10,13-15H2,(H,21,24)/t20-/m0/s1. The second kappa shape index (κ2) is 6.81. The van der Waals surface area contributed by atoms with Gasteiger partial charge in [0.2, 0.25) is 5.91 Å². The van der Waals surface area contributed by atoms with Gasteiger partial charge in [-0.25, -0.2) is 0 Å². The molecule has 4 rings (SSSR count). The number of hydrogen-bond acceptors (Lipinski definition) is 2. The fraction of sp³-hybridized carbons (Fsp3) is 0.450. The molecular formula is C20H25N3O. The molecule has 4 heteroatoms. The number of carbonyl (C=O) groups is 1. The van der Waals surface area contributed by atoms with Gasteiger partial charge in [-0.2, -0.15) is 0 Å². The van der Waals surface area contributed by atoms with Crippen LogP contribution in [0, 0.1) is 0 Å². The molecule has 1 N–H and O–H groups in total. The molecule has 126 valence electrons. The van der Waals surface area contributed by atoms with Crippen molar-refractivity contribution in [2.75, 3.05) is 13.1 Å². The van der Waals surface area contributed by atoms with E-state index in [0.29, 0.717) is 12.6 Å². The number of carbonyl (C=O) groups excluding carboxylic acids is 1. The molecule has 1 aromatic carbocycles. The van der Waals surface area contributed by atoms with Gasteiger partial charge in [0.1, 0.15) is 0 Å². The van der Waals surface area contributed by atoms with Crippen molar-refractivity contribution >= 4 is 5.91 Å². The molecule has 2 heterocycles. The summed E-state index contributed by atoms with van der Waals surface area (Å²) >= 11 is 0. The molecule has 1 aromatic heterocycles. The number of nitrogens with one attached hydrogen (secondary N) is 1. The van der Waals surface area contributed by atoms with Gasteiger partial charge < -0.3 is 9.88 Å². The first-order valence-corrected chi connectivity index (χ1v) is 9.04. The fourth-order valence-corrected chi connectivity index (χ4v) is 4.15. The zero-order valence-electron chi connectivity index (χ0n) is 14.0. The van der Waals surface area contributed by atoms with Crippen LogP contribution in [0.4, 0.5) is 0 Å². The molecule has 1 aliphatic carbocycles. The minimum absolute atomic E-state index is 0.157. The van der Waals surface area contributed by atoms with Gasteiger partial charge in [-0.15, -0.1) is 0 Å². The van der Waals surface area contributed by atoms with E-state index in [4.69, 9.17) is 0 Å². The van der Waals surface area contributed by atoms with Crippen molar-refractivity contribution in [2.45, 2.75) is 44.3 Å². The maximum Gasteiger partial charge on any atom is 0.234 e. The molecule has 0 spiro atoms. The molecule has 2 aromatic rings. The topological polar surface area (TPSA) is 37.3 Å². The number of fused-ring (bicyclic) bond motifs is 1. The summed E-state index contributed by atoms with van der Waals surface area (Å²) in [5, 5.41) is 3.23. The molecular weight excluding hydrogens is 298 g/mol. The molecule has 1 fully saturated rings. The summed E-state index contributed by atoms with van der Waals surface area (Å²) < 4.78 is 2.31. The fourth-order valence-electron chi connectivity index (χ4n) is 4.15. The first-order valence-electron chi connectivity index (χ1n) is 9.04. The van der Waals surface area contributed by atoms with Crippen molar-refractivity contribution < 1.29 is 4.79 Å². The maximum absolute atomic E-state index is 12.5. The highest BCUT2D eigenvalue weighted by atomic mass is 16.2. The van der Waals surface area contributed by atoms with Crippen LogP contribution in [-0.2, 0) is 11.3 Å². The third-order valence-electron chi connectivity index (χ3n) is 5.32. The number of benzene rings is 1. The first-order chi connectivity index (χ1) is 11.8. The van der Waals surface area contributed by atoms with Crippen molar-refractivity contribution in [2.24, 2.45) is 0 Å². The first kappa shape index (κ1) is 15.5. The van der Waals surface area contributed by atoms with E-state index in [1.807, 2.05) is 6.07 Å². The molecule has 0 radical (unpaired) electrons. The third kappa shape index (κ3) is 3.11. The number of rotatable bonds is 4. The Bertz CT molecular complexity index is 688. The second-order valence-electron chi connectivity index (χ2n) is 6.96. The van der Waals surface area contributed by atoms with Crippen LogP contribution in [0.1, 0.15) is 43.0 Å². The monoisotopic (exact) mass is 323 g/mol. The average molecular weight is 323 g/mol. The van der Waals surface area contributed by atoms with Crippen LogP contribution in [-0.4, -0.2) is 34.5 Å². The van der Waals surface area contributed by atoms with Crippen LogP contribution in [0.5, 0.6) is 0 Å². The zero-order chi connectivity index (χ0) is 16.4. The van der Waals surface area contributed by atoms with E-state index >= 15 is 0 Å².